The minimum Gasteiger partial charge on any atom is -0.364 e. The van der Waals surface area contributed by atoms with Crippen LogP contribution in [-0.2, 0) is 0 Å². The quantitative estimate of drug-likeness (QED) is 0.699. The summed E-state index contributed by atoms with van der Waals surface area (Å²) < 4.78 is 0. The number of amides is 1. The molecule has 0 unspecified atom stereocenters. The molecule has 0 fully saturated rings. The van der Waals surface area contributed by atoms with Gasteiger partial charge in [0.25, 0.3) is 5.91 Å². The SMILES string of the molecule is C#Cc1cc2ccccc2nc1C(N)=O. The Kier molecular flexibility index (Phi) is 2.11. The first-order valence-corrected chi connectivity index (χ1v) is 4.38. The minimum atomic E-state index is -0.603. The molecule has 0 aliphatic heterocycles. The zero-order valence-corrected chi connectivity index (χ0v) is 7.90. The molecule has 1 aromatic heterocycles. The Hall–Kier alpha value is -2.34. The highest BCUT2D eigenvalue weighted by molar-refractivity contribution is 5.96. The first-order chi connectivity index (χ1) is 7.22. The molecule has 0 spiro atoms. The van der Waals surface area contributed by atoms with Gasteiger partial charge in [-0.15, -0.1) is 6.42 Å². The molecule has 0 atom stereocenters. The van der Waals surface area contributed by atoms with E-state index in [1.54, 1.807) is 6.07 Å². The van der Waals surface area contributed by atoms with Crippen LogP contribution < -0.4 is 5.73 Å². The van der Waals surface area contributed by atoms with Gasteiger partial charge in [-0.1, -0.05) is 24.1 Å². The van der Waals surface area contributed by atoms with Crippen LogP contribution in [-0.4, -0.2) is 10.9 Å². The maximum absolute atomic E-state index is 11.1. The van der Waals surface area contributed by atoms with Crippen LogP contribution in [0.1, 0.15) is 16.1 Å². The number of fused-ring (bicyclic) bond motifs is 1. The predicted octanol–water partition coefficient (Wildman–Crippen LogP) is 1.31. The largest absolute Gasteiger partial charge is 0.364 e. The molecule has 15 heavy (non-hydrogen) atoms. The molecule has 72 valence electrons. The van der Waals surface area contributed by atoms with E-state index in [9.17, 15) is 4.79 Å². The Balaban J connectivity index is 2.82. The number of pyridine rings is 1. The molecule has 3 heteroatoms. The Labute approximate surface area is 86.9 Å². The molecular weight excluding hydrogens is 188 g/mol. The van der Waals surface area contributed by atoms with Gasteiger partial charge in [-0.2, -0.15) is 0 Å². The molecule has 0 bridgehead atoms. The molecular formula is C12H8N2O. The van der Waals surface area contributed by atoms with Crippen molar-refractivity contribution in [3.05, 3.63) is 41.6 Å². The number of nitrogens with zero attached hydrogens (tertiary/aromatic N) is 1. The molecule has 1 aromatic carbocycles. The smallest absolute Gasteiger partial charge is 0.268 e. The van der Waals surface area contributed by atoms with Crippen LogP contribution in [0.4, 0.5) is 0 Å². The summed E-state index contributed by atoms with van der Waals surface area (Å²) in [4.78, 5) is 15.2. The van der Waals surface area contributed by atoms with E-state index in [0.29, 0.717) is 11.1 Å². The van der Waals surface area contributed by atoms with E-state index in [1.807, 2.05) is 24.3 Å². The number of hydrogen-bond donors (Lipinski definition) is 1. The summed E-state index contributed by atoms with van der Waals surface area (Å²) in [5.41, 5.74) is 6.48. The van der Waals surface area contributed by atoms with Crippen molar-refractivity contribution >= 4 is 16.8 Å². The Morgan fingerprint density at radius 1 is 1.40 bits per heavy atom. The van der Waals surface area contributed by atoms with Gasteiger partial charge >= 0.3 is 0 Å². The summed E-state index contributed by atoms with van der Waals surface area (Å²) in [6.45, 7) is 0. The first kappa shape index (κ1) is 9.22. The third kappa shape index (κ3) is 1.53. The molecule has 1 amide bonds. The van der Waals surface area contributed by atoms with Crippen molar-refractivity contribution in [2.45, 2.75) is 0 Å². The fourth-order valence-corrected chi connectivity index (χ4v) is 1.41. The number of benzene rings is 1. The van der Waals surface area contributed by atoms with E-state index in [2.05, 4.69) is 10.9 Å². The fraction of sp³-hybridized carbons (Fsp3) is 0. The zero-order valence-electron chi connectivity index (χ0n) is 7.90. The van der Waals surface area contributed by atoms with Gasteiger partial charge in [0, 0.05) is 5.39 Å². The number of primary amides is 1. The van der Waals surface area contributed by atoms with E-state index in [4.69, 9.17) is 12.2 Å². The van der Waals surface area contributed by atoms with Crippen molar-refractivity contribution in [2.75, 3.05) is 0 Å². The standard InChI is InChI=1S/C12H8N2O/c1-2-8-7-9-5-3-4-6-10(9)14-11(8)12(13)15/h1,3-7H,(H2,13,15). The van der Waals surface area contributed by atoms with E-state index >= 15 is 0 Å². The Morgan fingerprint density at radius 3 is 2.80 bits per heavy atom. The second-order valence-electron chi connectivity index (χ2n) is 3.09. The zero-order chi connectivity index (χ0) is 10.8. The normalized spacial score (nSPS) is 9.80. The number of aromatic nitrogens is 1. The molecule has 0 aliphatic rings. The molecule has 2 rings (SSSR count). The van der Waals surface area contributed by atoms with E-state index < -0.39 is 5.91 Å². The molecule has 0 aliphatic carbocycles. The van der Waals surface area contributed by atoms with E-state index in [-0.39, 0.29) is 5.69 Å². The lowest BCUT2D eigenvalue weighted by Gasteiger charge is -2.02. The third-order valence-corrected chi connectivity index (χ3v) is 2.11. The van der Waals surface area contributed by atoms with Crippen LogP contribution in [0.15, 0.2) is 30.3 Å². The monoisotopic (exact) mass is 196 g/mol. The average Bonchev–Trinajstić information content (AvgIpc) is 2.27. The predicted molar refractivity (Wildman–Crippen MR) is 58.2 cm³/mol. The van der Waals surface area contributed by atoms with Crippen molar-refractivity contribution in [2.24, 2.45) is 5.73 Å². The molecule has 0 saturated heterocycles. The second kappa shape index (κ2) is 3.43. The minimum absolute atomic E-state index is 0.149. The number of hydrogen-bond acceptors (Lipinski definition) is 2. The lowest BCUT2D eigenvalue weighted by atomic mass is 10.1. The van der Waals surface area contributed by atoms with Crippen molar-refractivity contribution in [3.8, 4) is 12.3 Å². The molecule has 0 radical (unpaired) electrons. The lowest BCUT2D eigenvalue weighted by Crippen LogP contribution is -2.15. The maximum Gasteiger partial charge on any atom is 0.268 e. The topological polar surface area (TPSA) is 56.0 Å². The highest BCUT2D eigenvalue weighted by Crippen LogP contribution is 2.15. The number of carbonyl (C=O) groups is 1. The van der Waals surface area contributed by atoms with E-state index in [1.165, 1.54) is 0 Å². The van der Waals surface area contributed by atoms with Crippen molar-refractivity contribution in [1.29, 1.82) is 0 Å². The highest BCUT2D eigenvalue weighted by atomic mass is 16.1. The Morgan fingerprint density at radius 2 is 2.13 bits per heavy atom. The average molecular weight is 196 g/mol. The van der Waals surface area contributed by atoms with Crippen LogP contribution >= 0.6 is 0 Å². The number of rotatable bonds is 1. The molecule has 0 saturated carbocycles. The summed E-state index contributed by atoms with van der Waals surface area (Å²) in [6, 6.07) is 9.16. The number of carbonyl (C=O) groups excluding carboxylic acids is 1. The molecule has 3 nitrogen and oxygen atoms in total. The second-order valence-corrected chi connectivity index (χ2v) is 3.09. The number of terminal acetylenes is 1. The van der Waals surface area contributed by atoms with Crippen LogP contribution in [0.2, 0.25) is 0 Å². The van der Waals surface area contributed by atoms with Gasteiger partial charge in [-0.05, 0) is 12.1 Å². The Bertz CT molecular complexity index is 582. The summed E-state index contributed by atoms with van der Waals surface area (Å²) in [6.07, 6.45) is 5.28. The van der Waals surface area contributed by atoms with Gasteiger partial charge in [0.1, 0.15) is 5.69 Å². The first-order valence-electron chi connectivity index (χ1n) is 4.38. The maximum atomic E-state index is 11.1. The highest BCUT2D eigenvalue weighted by Gasteiger charge is 2.09. The van der Waals surface area contributed by atoms with Crippen LogP contribution in [0, 0.1) is 12.3 Å². The van der Waals surface area contributed by atoms with Gasteiger partial charge in [0.15, 0.2) is 0 Å². The van der Waals surface area contributed by atoms with Gasteiger partial charge in [-0.3, -0.25) is 4.79 Å². The van der Waals surface area contributed by atoms with Gasteiger partial charge in [-0.25, -0.2) is 4.98 Å². The summed E-state index contributed by atoms with van der Waals surface area (Å²) in [7, 11) is 0. The van der Waals surface area contributed by atoms with Gasteiger partial charge in [0.05, 0.1) is 11.1 Å². The molecule has 1 heterocycles. The van der Waals surface area contributed by atoms with Crippen LogP contribution in [0.3, 0.4) is 0 Å². The summed E-state index contributed by atoms with van der Waals surface area (Å²) >= 11 is 0. The van der Waals surface area contributed by atoms with Crippen molar-refractivity contribution in [1.82, 2.24) is 4.98 Å². The number of para-hydroxylation sites is 1. The number of nitrogens with two attached hydrogens (primary N) is 1. The fourth-order valence-electron chi connectivity index (χ4n) is 1.41. The van der Waals surface area contributed by atoms with Gasteiger partial charge in [0.2, 0.25) is 0 Å². The summed E-state index contributed by atoms with van der Waals surface area (Å²) in [5.74, 6) is 1.80. The van der Waals surface area contributed by atoms with Crippen LogP contribution in [0.5, 0.6) is 0 Å². The summed E-state index contributed by atoms with van der Waals surface area (Å²) in [5, 5.41) is 0.899. The molecule has 2 N–H and O–H groups in total. The van der Waals surface area contributed by atoms with E-state index in [0.717, 1.165) is 5.39 Å². The van der Waals surface area contributed by atoms with Gasteiger partial charge < -0.3 is 5.73 Å². The molecule has 2 aromatic rings. The lowest BCUT2D eigenvalue weighted by molar-refractivity contribution is 0.0995. The van der Waals surface area contributed by atoms with Crippen molar-refractivity contribution in [3.63, 3.8) is 0 Å². The third-order valence-electron chi connectivity index (χ3n) is 2.11. The van der Waals surface area contributed by atoms with Crippen molar-refractivity contribution < 1.29 is 4.79 Å². The van der Waals surface area contributed by atoms with Crippen LogP contribution in [0.25, 0.3) is 10.9 Å².